The summed E-state index contributed by atoms with van der Waals surface area (Å²) in [7, 11) is 0. The largest absolute Gasteiger partial charge is 0.376 e. The minimum atomic E-state index is -0.104. The molecule has 0 heterocycles. The molecular weight excluding hydrogens is 250 g/mol. The number of hydrogen-bond acceptors (Lipinski definition) is 3. The summed E-state index contributed by atoms with van der Waals surface area (Å²) in [5, 5.41) is 7.32. The van der Waals surface area contributed by atoms with Crippen LogP contribution in [0.1, 0.15) is 18.4 Å². The quantitative estimate of drug-likeness (QED) is 0.651. The molecule has 0 unspecified atom stereocenters. The van der Waals surface area contributed by atoms with Gasteiger partial charge in [0.25, 0.3) is 5.91 Å². The van der Waals surface area contributed by atoms with Crippen molar-refractivity contribution in [3.8, 4) is 0 Å². The van der Waals surface area contributed by atoms with Crippen molar-refractivity contribution in [1.82, 2.24) is 5.43 Å². The molecule has 2 N–H and O–H groups in total. The standard InChI is InChI=1S/C16H19N3O/c1-11-5-7-13(8-6-11)17-10-16(20)19-18-15-9-12-3-2-4-14(12)15/h2-3,5-8,12,14,17H,4,9-10H2,1H3,(H,19,20)/b18-15+/t12-,14-/m0/s1. The molecule has 0 aliphatic heterocycles. The zero-order valence-corrected chi connectivity index (χ0v) is 11.6. The van der Waals surface area contributed by atoms with E-state index in [0.29, 0.717) is 11.8 Å². The molecule has 3 rings (SSSR count). The van der Waals surface area contributed by atoms with Crippen LogP contribution in [0, 0.1) is 18.8 Å². The first kappa shape index (κ1) is 12.9. The second-order valence-corrected chi connectivity index (χ2v) is 5.50. The summed E-state index contributed by atoms with van der Waals surface area (Å²) in [5.41, 5.74) is 5.92. The van der Waals surface area contributed by atoms with Gasteiger partial charge in [-0.1, -0.05) is 29.8 Å². The number of carbonyl (C=O) groups excluding carboxylic acids is 1. The second kappa shape index (κ2) is 5.49. The lowest BCUT2D eigenvalue weighted by atomic mass is 9.74. The van der Waals surface area contributed by atoms with Gasteiger partial charge in [0, 0.05) is 17.3 Å². The van der Waals surface area contributed by atoms with Crippen LogP contribution in [-0.4, -0.2) is 18.2 Å². The van der Waals surface area contributed by atoms with E-state index in [2.05, 4.69) is 28.0 Å². The van der Waals surface area contributed by atoms with Crippen molar-refractivity contribution in [2.75, 3.05) is 11.9 Å². The minimum absolute atomic E-state index is 0.104. The first-order valence-corrected chi connectivity index (χ1v) is 7.05. The van der Waals surface area contributed by atoms with Crippen LogP contribution in [0.25, 0.3) is 0 Å². The summed E-state index contributed by atoms with van der Waals surface area (Å²) in [6.07, 6.45) is 6.52. The third kappa shape index (κ3) is 2.74. The first-order chi connectivity index (χ1) is 9.72. The van der Waals surface area contributed by atoms with Gasteiger partial charge in [-0.15, -0.1) is 0 Å². The average Bonchev–Trinajstić information content (AvgIpc) is 2.80. The number of rotatable bonds is 4. The molecule has 2 aliphatic rings. The van der Waals surface area contributed by atoms with Gasteiger partial charge in [-0.3, -0.25) is 4.79 Å². The fraction of sp³-hybridized carbons (Fsp3) is 0.375. The van der Waals surface area contributed by atoms with E-state index in [4.69, 9.17) is 0 Å². The normalized spacial score (nSPS) is 25.1. The fourth-order valence-corrected chi connectivity index (χ4v) is 2.69. The molecule has 1 aromatic carbocycles. The third-order valence-electron chi connectivity index (χ3n) is 3.99. The number of carbonyl (C=O) groups is 1. The number of amides is 1. The number of anilines is 1. The molecule has 4 heteroatoms. The molecule has 0 radical (unpaired) electrons. The monoisotopic (exact) mass is 269 g/mol. The summed E-state index contributed by atoms with van der Waals surface area (Å²) in [5.74, 6) is 1.10. The minimum Gasteiger partial charge on any atom is -0.376 e. The highest BCUT2D eigenvalue weighted by molar-refractivity contribution is 5.95. The van der Waals surface area contributed by atoms with Gasteiger partial charge in [-0.05, 0) is 37.8 Å². The van der Waals surface area contributed by atoms with Gasteiger partial charge >= 0.3 is 0 Å². The van der Waals surface area contributed by atoms with Crippen LogP contribution in [0.4, 0.5) is 5.69 Å². The number of hydrazone groups is 1. The molecule has 4 nitrogen and oxygen atoms in total. The summed E-state index contributed by atoms with van der Waals surface area (Å²) < 4.78 is 0. The Balaban J connectivity index is 1.44. The number of nitrogens with one attached hydrogen (secondary N) is 2. The Hall–Kier alpha value is -2.10. The van der Waals surface area contributed by atoms with Crippen LogP contribution >= 0.6 is 0 Å². The SMILES string of the molecule is Cc1ccc(NCC(=O)N/N=C2\C[C@@H]3C=CC[C@H]23)cc1. The number of allylic oxidation sites excluding steroid dienone is 2. The van der Waals surface area contributed by atoms with Crippen molar-refractivity contribution in [1.29, 1.82) is 0 Å². The molecular formula is C16H19N3O. The smallest absolute Gasteiger partial charge is 0.259 e. The van der Waals surface area contributed by atoms with Crippen LogP contribution in [0.2, 0.25) is 0 Å². The highest BCUT2D eigenvalue weighted by atomic mass is 16.2. The van der Waals surface area contributed by atoms with Crippen LogP contribution in [0.5, 0.6) is 0 Å². The zero-order chi connectivity index (χ0) is 13.9. The molecule has 1 amide bonds. The van der Waals surface area contributed by atoms with Crippen LogP contribution in [0.3, 0.4) is 0 Å². The van der Waals surface area contributed by atoms with Crippen molar-refractivity contribution < 1.29 is 4.79 Å². The molecule has 0 spiro atoms. The third-order valence-corrected chi connectivity index (χ3v) is 3.99. The lowest BCUT2D eigenvalue weighted by Crippen LogP contribution is -2.36. The fourth-order valence-electron chi connectivity index (χ4n) is 2.69. The van der Waals surface area contributed by atoms with Crippen molar-refractivity contribution in [2.24, 2.45) is 16.9 Å². The summed E-state index contributed by atoms with van der Waals surface area (Å²) in [4.78, 5) is 11.7. The zero-order valence-electron chi connectivity index (χ0n) is 11.6. The van der Waals surface area contributed by atoms with E-state index in [0.717, 1.165) is 24.2 Å². The van der Waals surface area contributed by atoms with Gasteiger partial charge in [0.2, 0.25) is 0 Å². The maximum absolute atomic E-state index is 11.7. The molecule has 1 fully saturated rings. The summed E-state index contributed by atoms with van der Waals surface area (Å²) in [6, 6.07) is 7.97. The number of fused-ring (bicyclic) bond motifs is 1. The highest BCUT2D eigenvalue weighted by Gasteiger charge is 2.37. The molecule has 0 saturated heterocycles. The highest BCUT2D eigenvalue weighted by Crippen LogP contribution is 2.39. The van der Waals surface area contributed by atoms with Crippen LogP contribution in [0.15, 0.2) is 41.5 Å². The predicted octanol–water partition coefficient (Wildman–Crippen LogP) is 2.48. The van der Waals surface area contributed by atoms with E-state index in [1.54, 1.807) is 0 Å². The van der Waals surface area contributed by atoms with Gasteiger partial charge in [-0.25, -0.2) is 5.43 Å². The molecule has 0 bridgehead atoms. The first-order valence-electron chi connectivity index (χ1n) is 7.05. The molecule has 1 aromatic rings. The van der Waals surface area contributed by atoms with Crippen molar-refractivity contribution >= 4 is 17.3 Å². The van der Waals surface area contributed by atoms with Gasteiger partial charge in [0.05, 0.1) is 6.54 Å². The van der Waals surface area contributed by atoms with Crippen LogP contribution < -0.4 is 10.7 Å². The predicted molar refractivity (Wildman–Crippen MR) is 80.6 cm³/mol. The summed E-state index contributed by atoms with van der Waals surface area (Å²) in [6.45, 7) is 2.28. The van der Waals surface area contributed by atoms with E-state index in [1.807, 2.05) is 31.2 Å². The number of aryl methyl sites for hydroxylation is 1. The average molecular weight is 269 g/mol. The van der Waals surface area contributed by atoms with Gasteiger partial charge in [0.1, 0.15) is 0 Å². The second-order valence-electron chi connectivity index (χ2n) is 5.50. The Kier molecular flexibility index (Phi) is 3.54. The van der Waals surface area contributed by atoms with Crippen molar-refractivity contribution in [3.63, 3.8) is 0 Å². The molecule has 2 aliphatic carbocycles. The maximum Gasteiger partial charge on any atom is 0.259 e. The van der Waals surface area contributed by atoms with E-state index >= 15 is 0 Å². The number of benzene rings is 1. The lowest BCUT2D eigenvalue weighted by molar-refractivity contribution is -0.119. The van der Waals surface area contributed by atoms with E-state index < -0.39 is 0 Å². The lowest BCUT2D eigenvalue weighted by Gasteiger charge is -2.31. The van der Waals surface area contributed by atoms with Crippen molar-refractivity contribution in [2.45, 2.75) is 19.8 Å². The molecule has 104 valence electrons. The van der Waals surface area contributed by atoms with E-state index in [1.165, 1.54) is 5.56 Å². The number of nitrogens with zero attached hydrogens (tertiary/aromatic N) is 1. The molecule has 2 atom stereocenters. The topological polar surface area (TPSA) is 53.5 Å². The van der Waals surface area contributed by atoms with Crippen LogP contribution in [-0.2, 0) is 4.79 Å². The Morgan fingerprint density at radius 2 is 2.15 bits per heavy atom. The Morgan fingerprint density at radius 1 is 1.35 bits per heavy atom. The molecule has 0 aromatic heterocycles. The Labute approximate surface area is 119 Å². The maximum atomic E-state index is 11.7. The van der Waals surface area contributed by atoms with Gasteiger partial charge in [-0.2, -0.15) is 5.10 Å². The Morgan fingerprint density at radius 3 is 2.90 bits per heavy atom. The molecule has 20 heavy (non-hydrogen) atoms. The molecule has 1 saturated carbocycles. The number of hydrogen-bond donors (Lipinski definition) is 2. The Bertz CT molecular complexity index is 560. The van der Waals surface area contributed by atoms with E-state index in [-0.39, 0.29) is 12.5 Å². The van der Waals surface area contributed by atoms with E-state index in [9.17, 15) is 4.79 Å². The van der Waals surface area contributed by atoms with Gasteiger partial charge < -0.3 is 5.32 Å². The summed E-state index contributed by atoms with van der Waals surface area (Å²) >= 11 is 0. The van der Waals surface area contributed by atoms with Gasteiger partial charge in [0.15, 0.2) is 0 Å². The van der Waals surface area contributed by atoms with Crippen molar-refractivity contribution in [3.05, 3.63) is 42.0 Å².